The number of benzene rings is 3. The molecule has 0 aliphatic carbocycles. The van der Waals surface area contributed by atoms with E-state index in [1.165, 1.54) is 18.2 Å². The second-order valence-corrected chi connectivity index (χ2v) is 8.42. The van der Waals surface area contributed by atoms with Crippen molar-refractivity contribution in [2.75, 3.05) is 10.7 Å². The number of carbonyl (C=O) groups is 1. The van der Waals surface area contributed by atoms with E-state index >= 15 is 0 Å². The van der Waals surface area contributed by atoms with Crippen molar-refractivity contribution < 1.29 is 22.3 Å². The minimum absolute atomic E-state index is 0.0621. The Hall–Kier alpha value is -3.19. The van der Waals surface area contributed by atoms with Gasteiger partial charge < -0.3 is 4.74 Å². The third kappa shape index (κ3) is 3.36. The second-order valence-electron chi connectivity index (χ2n) is 6.36. The summed E-state index contributed by atoms with van der Waals surface area (Å²) < 4.78 is 45.5. The summed E-state index contributed by atoms with van der Waals surface area (Å²) in [6.07, 6.45) is 0. The van der Waals surface area contributed by atoms with Crippen LogP contribution in [0.25, 0.3) is 0 Å². The van der Waals surface area contributed by atoms with Gasteiger partial charge in [0.2, 0.25) is 5.91 Å². The molecule has 1 amide bonds. The highest BCUT2D eigenvalue weighted by molar-refractivity contribution is 7.93. The molecule has 1 atom stereocenters. The lowest BCUT2D eigenvalue weighted by molar-refractivity contribution is -0.115. The molecule has 1 aliphatic rings. The maximum absolute atomic E-state index is 14.3. The molecule has 3 aromatic carbocycles. The fraction of sp³-hybridized carbons (Fsp3) is 0.0952. The lowest BCUT2D eigenvalue weighted by Gasteiger charge is -2.24. The summed E-state index contributed by atoms with van der Waals surface area (Å²) in [4.78, 5) is 13.5. The van der Waals surface area contributed by atoms with Crippen LogP contribution in [0.2, 0.25) is 0 Å². The first-order valence-electron chi connectivity index (χ1n) is 8.57. The SMILES string of the molecule is O=C1CS(=O)(=O)C(c2cccc(Oc3ccccc3)c2)N1c1ccccc1F. The molecule has 142 valence electrons. The van der Waals surface area contributed by atoms with Crippen LogP contribution in [-0.4, -0.2) is 20.1 Å². The highest BCUT2D eigenvalue weighted by Crippen LogP contribution is 2.39. The Morgan fingerprint density at radius 3 is 2.32 bits per heavy atom. The van der Waals surface area contributed by atoms with E-state index in [1.807, 2.05) is 18.2 Å². The van der Waals surface area contributed by atoms with E-state index in [1.54, 1.807) is 42.5 Å². The van der Waals surface area contributed by atoms with Crippen molar-refractivity contribution in [2.45, 2.75) is 5.37 Å². The van der Waals surface area contributed by atoms with E-state index in [4.69, 9.17) is 4.74 Å². The molecule has 5 nitrogen and oxygen atoms in total. The Labute approximate surface area is 161 Å². The van der Waals surface area contributed by atoms with Gasteiger partial charge in [-0.15, -0.1) is 0 Å². The minimum Gasteiger partial charge on any atom is -0.457 e. The molecular formula is C21H16FNO4S. The van der Waals surface area contributed by atoms with Crippen LogP contribution in [0.4, 0.5) is 10.1 Å². The summed E-state index contributed by atoms with van der Waals surface area (Å²) in [7, 11) is -3.84. The standard InChI is InChI=1S/C21H16FNO4S/c22-18-11-4-5-12-19(18)23-20(24)14-28(25,26)21(23)15-7-6-10-17(13-15)27-16-8-2-1-3-9-16/h1-13,21H,14H2. The van der Waals surface area contributed by atoms with Gasteiger partial charge in [-0.05, 0) is 42.0 Å². The van der Waals surface area contributed by atoms with E-state index in [2.05, 4.69) is 0 Å². The molecular weight excluding hydrogens is 381 g/mol. The number of rotatable bonds is 4. The molecule has 28 heavy (non-hydrogen) atoms. The number of ether oxygens (including phenoxy) is 1. The van der Waals surface area contributed by atoms with Gasteiger partial charge in [-0.25, -0.2) is 12.8 Å². The maximum atomic E-state index is 14.3. The van der Waals surface area contributed by atoms with Gasteiger partial charge in [-0.3, -0.25) is 9.69 Å². The van der Waals surface area contributed by atoms with Crippen LogP contribution in [0.5, 0.6) is 11.5 Å². The van der Waals surface area contributed by atoms with E-state index in [0.29, 0.717) is 17.1 Å². The van der Waals surface area contributed by atoms with Crippen molar-refractivity contribution in [1.82, 2.24) is 0 Å². The highest BCUT2D eigenvalue weighted by atomic mass is 32.2. The first-order valence-corrected chi connectivity index (χ1v) is 10.3. The average molecular weight is 397 g/mol. The number of amides is 1. The van der Waals surface area contributed by atoms with Crippen LogP contribution >= 0.6 is 0 Å². The predicted octanol–water partition coefficient (Wildman–Crippen LogP) is 4.08. The van der Waals surface area contributed by atoms with Crippen molar-refractivity contribution in [3.05, 3.63) is 90.2 Å². The molecule has 0 radical (unpaired) electrons. The van der Waals surface area contributed by atoms with Gasteiger partial charge in [-0.1, -0.05) is 42.5 Å². The number of carbonyl (C=O) groups excluding carboxylic acids is 1. The van der Waals surface area contributed by atoms with Crippen LogP contribution in [0.3, 0.4) is 0 Å². The molecule has 1 heterocycles. The van der Waals surface area contributed by atoms with Gasteiger partial charge in [0.15, 0.2) is 15.2 Å². The number of nitrogens with zero attached hydrogens (tertiary/aromatic N) is 1. The van der Waals surface area contributed by atoms with Crippen LogP contribution in [0.1, 0.15) is 10.9 Å². The van der Waals surface area contributed by atoms with E-state index < -0.39 is 32.7 Å². The zero-order valence-electron chi connectivity index (χ0n) is 14.7. The van der Waals surface area contributed by atoms with E-state index in [9.17, 15) is 17.6 Å². The first kappa shape index (κ1) is 18.2. The van der Waals surface area contributed by atoms with Gasteiger partial charge in [0, 0.05) is 0 Å². The molecule has 0 aromatic heterocycles. The molecule has 1 aliphatic heterocycles. The van der Waals surface area contributed by atoms with Gasteiger partial charge in [0.05, 0.1) is 5.69 Å². The fourth-order valence-corrected chi connectivity index (χ4v) is 4.99. The molecule has 1 saturated heterocycles. The normalized spacial score (nSPS) is 18.2. The van der Waals surface area contributed by atoms with Gasteiger partial charge in [-0.2, -0.15) is 0 Å². The second kappa shape index (κ2) is 7.09. The van der Waals surface area contributed by atoms with Gasteiger partial charge in [0.25, 0.3) is 0 Å². The Morgan fingerprint density at radius 2 is 1.57 bits per heavy atom. The molecule has 4 rings (SSSR count). The Bertz CT molecular complexity index is 1130. The van der Waals surface area contributed by atoms with Crippen molar-refractivity contribution in [3.63, 3.8) is 0 Å². The molecule has 0 bridgehead atoms. The smallest absolute Gasteiger partial charge is 0.243 e. The zero-order valence-corrected chi connectivity index (χ0v) is 15.5. The molecule has 1 fully saturated rings. The fourth-order valence-electron chi connectivity index (χ4n) is 3.23. The number of para-hydroxylation sites is 2. The summed E-state index contributed by atoms with van der Waals surface area (Å²) >= 11 is 0. The third-order valence-electron chi connectivity index (χ3n) is 4.40. The molecule has 0 N–H and O–H groups in total. The summed E-state index contributed by atoms with van der Waals surface area (Å²) in [6.45, 7) is 0. The monoisotopic (exact) mass is 397 g/mol. The van der Waals surface area contributed by atoms with Crippen LogP contribution in [0, 0.1) is 5.82 Å². The maximum Gasteiger partial charge on any atom is 0.243 e. The largest absolute Gasteiger partial charge is 0.457 e. The van der Waals surface area contributed by atoms with E-state index in [0.717, 1.165) is 4.90 Å². The topological polar surface area (TPSA) is 63.7 Å². The lowest BCUT2D eigenvalue weighted by atomic mass is 10.1. The van der Waals surface area contributed by atoms with Crippen molar-refractivity contribution in [2.24, 2.45) is 0 Å². The van der Waals surface area contributed by atoms with Crippen molar-refractivity contribution in [3.8, 4) is 11.5 Å². The Morgan fingerprint density at radius 1 is 0.893 bits per heavy atom. The number of hydrogen-bond donors (Lipinski definition) is 0. The highest BCUT2D eigenvalue weighted by Gasteiger charge is 2.46. The molecule has 0 spiro atoms. The summed E-state index contributed by atoms with van der Waals surface area (Å²) in [5.41, 5.74) is 0.274. The molecule has 1 unspecified atom stereocenters. The minimum atomic E-state index is -3.84. The first-order chi connectivity index (χ1) is 13.5. The predicted molar refractivity (Wildman–Crippen MR) is 103 cm³/mol. The number of anilines is 1. The van der Waals surface area contributed by atoms with E-state index in [-0.39, 0.29) is 5.69 Å². The molecule has 7 heteroatoms. The Kier molecular flexibility index (Phi) is 4.60. The van der Waals surface area contributed by atoms with Crippen LogP contribution < -0.4 is 9.64 Å². The summed E-state index contributed by atoms with van der Waals surface area (Å²) in [5.74, 6) is -0.975. The third-order valence-corrected chi connectivity index (χ3v) is 6.21. The average Bonchev–Trinajstić information content (AvgIpc) is 2.91. The summed E-state index contributed by atoms with van der Waals surface area (Å²) in [5, 5.41) is -1.31. The van der Waals surface area contributed by atoms with Gasteiger partial charge in [0.1, 0.15) is 23.1 Å². The summed E-state index contributed by atoms with van der Waals surface area (Å²) in [6, 6.07) is 21.1. The number of hydrogen-bond acceptors (Lipinski definition) is 4. The number of sulfone groups is 1. The van der Waals surface area contributed by atoms with Crippen LogP contribution in [0.15, 0.2) is 78.9 Å². The quantitative estimate of drug-likeness (QED) is 0.666. The lowest BCUT2D eigenvalue weighted by Crippen LogP contribution is -2.29. The number of halogens is 1. The van der Waals surface area contributed by atoms with Crippen LogP contribution in [-0.2, 0) is 14.6 Å². The van der Waals surface area contributed by atoms with Gasteiger partial charge >= 0.3 is 0 Å². The zero-order chi connectivity index (χ0) is 19.7. The molecule has 3 aromatic rings. The van der Waals surface area contributed by atoms with Crippen molar-refractivity contribution >= 4 is 21.4 Å². The molecule has 0 saturated carbocycles. The Balaban J connectivity index is 1.76. The van der Waals surface area contributed by atoms with Crippen molar-refractivity contribution in [1.29, 1.82) is 0 Å².